The first kappa shape index (κ1) is 16.7. The summed E-state index contributed by atoms with van der Waals surface area (Å²) in [5, 5.41) is 0. The third-order valence-electron chi connectivity index (χ3n) is 3.98. The number of carbonyl (C=O) groups is 1. The molecule has 1 fully saturated rings. The number of aromatic nitrogens is 1. The smallest absolute Gasteiger partial charge is 0.242 e. The number of amides is 1. The molecule has 1 amide bonds. The molecule has 0 N–H and O–H groups in total. The molecule has 1 aliphatic heterocycles. The normalized spacial score (nSPS) is 16.0. The first-order valence-corrected chi connectivity index (χ1v) is 7.84. The van der Waals surface area contributed by atoms with E-state index in [4.69, 9.17) is 4.74 Å². The monoisotopic (exact) mass is 307 g/mol. The number of carbonyl (C=O) groups excluding carboxylic acids is 1. The molecule has 0 unspecified atom stereocenters. The fraction of sp³-hybridized carbons (Fsp3) is 0.625. The molecule has 1 saturated heterocycles. The zero-order valence-corrected chi connectivity index (χ0v) is 13.2. The molecule has 0 radical (unpaired) electrons. The van der Waals surface area contributed by atoms with Crippen molar-refractivity contribution >= 4 is 5.91 Å². The highest BCUT2D eigenvalue weighted by molar-refractivity contribution is 5.76. The molecule has 6 nitrogen and oxygen atoms in total. The molecule has 1 aromatic heterocycles. The first-order valence-electron chi connectivity index (χ1n) is 7.84. The quantitative estimate of drug-likeness (QED) is 0.685. The van der Waals surface area contributed by atoms with Crippen LogP contribution in [0.15, 0.2) is 29.3 Å². The Hall–Kier alpha value is -1.66. The number of ether oxygens (including phenoxy) is 1. The van der Waals surface area contributed by atoms with Crippen LogP contribution < -0.4 is 5.43 Å². The Kier molecular flexibility index (Phi) is 6.61. The number of hydrogen-bond acceptors (Lipinski definition) is 4. The second-order valence-electron chi connectivity index (χ2n) is 5.63. The number of hydrogen-bond donors (Lipinski definition) is 0. The van der Waals surface area contributed by atoms with Crippen LogP contribution in [0.2, 0.25) is 0 Å². The molecule has 0 aromatic carbocycles. The summed E-state index contributed by atoms with van der Waals surface area (Å²) in [6.45, 7) is 5.62. The number of methoxy groups -OCH3 is 1. The van der Waals surface area contributed by atoms with Gasteiger partial charge in [-0.1, -0.05) is 0 Å². The van der Waals surface area contributed by atoms with Gasteiger partial charge < -0.3 is 14.2 Å². The summed E-state index contributed by atoms with van der Waals surface area (Å²) in [6, 6.07) is 2.95. The molecule has 122 valence electrons. The largest absolute Gasteiger partial charge is 0.385 e. The van der Waals surface area contributed by atoms with E-state index in [2.05, 4.69) is 4.90 Å². The van der Waals surface area contributed by atoms with E-state index >= 15 is 0 Å². The van der Waals surface area contributed by atoms with Crippen LogP contribution in [0.4, 0.5) is 0 Å². The van der Waals surface area contributed by atoms with E-state index in [-0.39, 0.29) is 11.3 Å². The lowest BCUT2D eigenvalue weighted by atomic mass is 10.2. The average Bonchev–Trinajstić information content (AvgIpc) is 2.54. The van der Waals surface area contributed by atoms with Crippen LogP contribution in [0.3, 0.4) is 0 Å². The van der Waals surface area contributed by atoms with Gasteiger partial charge in [0.25, 0.3) is 0 Å². The van der Waals surface area contributed by atoms with E-state index in [1.54, 1.807) is 24.1 Å². The summed E-state index contributed by atoms with van der Waals surface area (Å²) < 4.78 is 6.80. The number of piperazine rings is 1. The molecule has 2 rings (SSSR count). The molecule has 2 heterocycles. The van der Waals surface area contributed by atoms with Crippen LogP contribution in [-0.4, -0.2) is 66.7 Å². The second kappa shape index (κ2) is 8.70. The van der Waals surface area contributed by atoms with Crippen molar-refractivity contribution in [2.45, 2.75) is 19.4 Å². The van der Waals surface area contributed by atoms with Crippen molar-refractivity contribution in [1.82, 2.24) is 14.4 Å². The van der Waals surface area contributed by atoms with Crippen molar-refractivity contribution < 1.29 is 9.53 Å². The van der Waals surface area contributed by atoms with Gasteiger partial charge in [-0.2, -0.15) is 0 Å². The van der Waals surface area contributed by atoms with Gasteiger partial charge in [0.15, 0.2) is 5.43 Å². The molecule has 0 bridgehead atoms. The van der Waals surface area contributed by atoms with Crippen LogP contribution in [0, 0.1) is 0 Å². The van der Waals surface area contributed by atoms with Gasteiger partial charge in [0.05, 0.1) is 0 Å². The number of nitrogens with zero attached hydrogens (tertiary/aromatic N) is 3. The third kappa shape index (κ3) is 5.27. The molecule has 0 spiro atoms. The molecule has 0 aliphatic carbocycles. The molecule has 22 heavy (non-hydrogen) atoms. The van der Waals surface area contributed by atoms with Crippen molar-refractivity contribution in [2.24, 2.45) is 0 Å². The molecular weight excluding hydrogens is 282 g/mol. The lowest BCUT2D eigenvalue weighted by Gasteiger charge is -2.34. The van der Waals surface area contributed by atoms with E-state index in [0.29, 0.717) is 6.54 Å². The molecule has 1 aromatic rings. The second-order valence-corrected chi connectivity index (χ2v) is 5.63. The number of rotatable bonds is 7. The topological polar surface area (TPSA) is 54.8 Å². The van der Waals surface area contributed by atoms with E-state index in [1.165, 1.54) is 12.1 Å². The van der Waals surface area contributed by atoms with Gasteiger partial charge in [0, 0.05) is 64.4 Å². The van der Waals surface area contributed by atoms with Gasteiger partial charge in [-0.3, -0.25) is 14.5 Å². The molecule has 0 atom stereocenters. The molecule has 1 aliphatic rings. The first-order chi connectivity index (χ1) is 10.7. The van der Waals surface area contributed by atoms with Crippen LogP contribution in [0.5, 0.6) is 0 Å². The SMILES string of the molecule is COCCCCN1CCN(C(=O)Cn2ccc(=O)cc2)CC1. The molecule has 0 saturated carbocycles. The number of unbranched alkanes of at least 4 members (excludes halogenated alkanes) is 1. The summed E-state index contributed by atoms with van der Waals surface area (Å²) in [5.41, 5.74) is -0.0363. The summed E-state index contributed by atoms with van der Waals surface area (Å²) in [4.78, 5) is 27.6. The van der Waals surface area contributed by atoms with E-state index in [1.807, 2.05) is 4.90 Å². The predicted octanol–water partition coefficient (Wildman–Crippen LogP) is 0.419. The lowest BCUT2D eigenvalue weighted by molar-refractivity contribution is -0.133. The maximum atomic E-state index is 12.3. The maximum absolute atomic E-state index is 12.3. The van der Waals surface area contributed by atoms with Crippen molar-refractivity contribution in [2.75, 3.05) is 46.4 Å². The average molecular weight is 307 g/mol. The minimum atomic E-state index is -0.0363. The fourth-order valence-electron chi connectivity index (χ4n) is 2.61. The van der Waals surface area contributed by atoms with Gasteiger partial charge >= 0.3 is 0 Å². The number of pyridine rings is 1. The minimum absolute atomic E-state index is 0.0363. The Labute approximate surface area is 131 Å². The van der Waals surface area contributed by atoms with Gasteiger partial charge in [-0.25, -0.2) is 0 Å². The Morgan fingerprint density at radius 2 is 1.82 bits per heavy atom. The van der Waals surface area contributed by atoms with Gasteiger partial charge in [0.2, 0.25) is 5.91 Å². The summed E-state index contributed by atoms with van der Waals surface area (Å²) >= 11 is 0. The lowest BCUT2D eigenvalue weighted by Crippen LogP contribution is -2.49. The van der Waals surface area contributed by atoms with Gasteiger partial charge in [0.1, 0.15) is 6.54 Å². The fourth-order valence-corrected chi connectivity index (χ4v) is 2.61. The highest BCUT2D eigenvalue weighted by Crippen LogP contribution is 2.05. The maximum Gasteiger partial charge on any atom is 0.242 e. The summed E-state index contributed by atoms with van der Waals surface area (Å²) in [7, 11) is 1.73. The van der Waals surface area contributed by atoms with Gasteiger partial charge in [-0.05, 0) is 19.4 Å². The summed E-state index contributed by atoms with van der Waals surface area (Å²) in [6.07, 6.45) is 5.54. The van der Waals surface area contributed by atoms with Crippen LogP contribution >= 0.6 is 0 Å². The van der Waals surface area contributed by atoms with Crippen molar-refractivity contribution in [3.8, 4) is 0 Å². The molecular formula is C16H25N3O3. The van der Waals surface area contributed by atoms with Crippen LogP contribution in [0.25, 0.3) is 0 Å². The Morgan fingerprint density at radius 3 is 2.45 bits per heavy atom. The van der Waals surface area contributed by atoms with Crippen molar-refractivity contribution in [1.29, 1.82) is 0 Å². The highest BCUT2D eigenvalue weighted by Gasteiger charge is 2.20. The Bertz CT molecular complexity index is 501. The van der Waals surface area contributed by atoms with Crippen LogP contribution in [0.1, 0.15) is 12.8 Å². The standard InChI is InChI=1S/C16H25N3O3/c1-22-13-3-2-6-17-9-11-19(12-10-17)16(21)14-18-7-4-15(20)5-8-18/h4-5,7-8H,2-3,6,9-14H2,1H3. The highest BCUT2D eigenvalue weighted by atomic mass is 16.5. The Balaban J connectivity index is 1.70. The van der Waals surface area contributed by atoms with E-state index in [0.717, 1.165) is 52.2 Å². The zero-order chi connectivity index (χ0) is 15.8. The van der Waals surface area contributed by atoms with E-state index < -0.39 is 0 Å². The predicted molar refractivity (Wildman–Crippen MR) is 84.8 cm³/mol. The third-order valence-corrected chi connectivity index (χ3v) is 3.98. The molecule has 6 heteroatoms. The van der Waals surface area contributed by atoms with Crippen molar-refractivity contribution in [3.63, 3.8) is 0 Å². The van der Waals surface area contributed by atoms with Gasteiger partial charge in [-0.15, -0.1) is 0 Å². The zero-order valence-electron chi connectivity index (χ0n) is 13.2. The van der Waals surface area contributed by atoms with Crippen LogP contribution in [-0.2, 0) is 16.1 Å². The van der Waals surface area contributed by atoms with Crippen molar-refractivity contribution in [3.05, 3.63) is 34.7 Å². The summed E-state index contributed by atoms with van der Waals surface area (Å²) in [5.74, 6) is 0.114. The minimum Gasteiger partial charge on any atom is -0.385 e. The Morgan fingerprint density at radius 1 is 1.14 bits per heavy atom. The van der Waals surface area contributed by atoms with E-state index in [9.17, 15) is 9.59 Å².